The van der Waals surface area contributed by atoms with Crippen LogP contribution in [-0.2, 0) is 17.4 Å². The van der Waals surface area contributed by atoms with E-state index in [0.29, 0.717) is 18.1 Å². The molecule has 1 aliphatic carbocycles. The molecule has 2 N–H and O–H groups in total. The third-order valence-corrected chi connectivity index (χ3v) is 13.1. The first kappa shape index (κ1) is 33.8. The summed E-state index contributed by atoms with van der Waals surface area (Å²) in [4.78, 5) is 18.3. The van der Waals surface area contributed by atoms with Gasteiger partial charge in [0.05, 0.1) is 23.1 Å². The van der Waals surface area contributed by atoms with E-state index in [4.69, 9.17) is 16.3 Å². The molecule has 3 aliphatic heterocycles. The van der Waals surface area contributed by atoms with Gasteiger partial charge in [0.15, 0.2) is 0 Å². The molecule has 0 radical (unpaired) electrons. The summed E-state index contributed by atoms with van der Waals surface area (Å²) in [5.41, 5.74) is 3.15. The van der Waals surface area contributed by atoms with E-state index in [9.17, 15) is 14.1 Å². The highest BCUT2D eigenvalue weighted by atomic mass is 35.5. The Bertz CT molecular complexity index is 1420. The summed E-state index contributed by atoms with van der Waals surface area (Å²) in [5.74, 6) is 1.27. The minimum atomic E-state index is -1.52. The Morgan fingerprint density at radius 1 is 1.07 bits per heavy atom. The van der Waals surface area contributed by atoms with Gasteiger partial charge in [-0.3, -0.25) is 9.52 Å². The number of benzene rings is 2. The molecule has 252 valence electrons. The molecule has 4 aliphatic rings. The molecule has 1 amide bonds. The molecule has 0 spiro atoms. The topological polar surface area (TPSA) is 82.1 Å². The van der Waals surface area contributed by atoms with Gasteiger partial charge < -0.3 is 19.6 Å². The molecule has 1 saturated carbocycles. The van der Waals surface area contributed by atoms with Crippen LogP contribution in [0.3, 0.4) is 0 Å². The number of hydrogen-bond acceptors (Lipinski definition) is 6. The molecule has 3 heterocycles. The van der Waals surface area contributed by atoms with Gasteiger partial charge in [0.1, 0.15) is 16.7 Å². The average molecular weight is 670 g/mol. The predicted molar refractivity (Wildman–Crippen MR) is 187 cm³/mol. The van der Waals surface area contributed by atoms with Crippen LogP contribution in [-0.4, -0.2) is 70.3 Å². The Morgan fingerprint density at radius 3 is 2.61 bits per heavy atom. The number of hydrogen-bond donors (Lipinski definition) is 2. The molecular weight excluding hydrogens is 618 g/mol. The zero-order chi connectivity index (χ0) is 32.4. The molecule has 1 saturated heterocycles. The fourth-order valence-corrected chi connectivity index (χ4v) is 9.60. The van der Waals surface area contributed by atoms with E-state index in [1.807, 2.05) is 25.1 Å². The monoisotopic (exact) mass is 669 g/mol. The van der Waals surface area contributed by atoms with Crippen LogP contribution in [0.2, 0.25) is 5.02 Å². The van der Waals surface area contributed by atoms with Crippen LogP contribution in [0.5, 0.6) is 5.75 Å². The van der Waals surface area contributed by atoms with Gasteiger partial charge >= 0.3 is 0 Å². The first-order valence-electron chi connectivity index (χ1n) is 17.6. The number of anilines is 1. The van der Waals surface area contributed by atoms with E-state index < -0.39 is 16.6 Å². The van der Waals surface area contributed by atoms with Crippen molar-refractivity contribution in [3.8, 4) is 5.75 Å². The van der Waals surface area contributed by atoms with Crippen molar-refractivity contribution in [1.29, 1.82) is 0 Å². The van der Waals surface area contributed by atoms with Gasteiger partial charge in [0, 0.05) is 36.1 Å². The maximum absolute atomic E-state index is 13.4. The molecule has 2 aromatic rings. The number of nitrogens with zero attached hydrogens (tertiary/aromatic N) is 2. The molecule has 7 nitrogen and oxygen atoms in total. The molecule has 2 bridgehead atoms. The minimum Gasteiger partial charge on any atom is -0.491 e. The standard InChI is InChI=1S/C37H52ClN3O4S/c1-4-8-27-19-31(38)12-13-32(27)30-22-41-21-29-10-14-33(29)37(43,24-40-17-5-6-18-40)16-7-9-25(2)26(3)46(44)39-36(42)28-11-15-35(45-23-30)34(41)20-28/h11-13,15,19-20,25-26,29-30,33,43H,4-10,14,16-18,21-24H2,1-3H3,(H,39,42). The molecule has 46 heavy (non-hydrogen) atoms. The second-order valence-electron chi connectivity index (χ2n) is 14.5. The Labute approximate surface area is 283 Å². The highest BCUT2D eigenvalue weighted by Gasteiger charge is 2.48. The number of fused-ring (bicyclic) bond motifs is 2. The Morgan fingerprint density at radius 2 is 1.87 bits per heavy atom. The fraction of sp³-hybridized carbons (Fsp3) is 0.649. The van der Waals surface area contributed by atoms with Crippen molar-refractivity contribution in [2.24, 2.45) is 17.8 Å². The maximum Gasteiger partial charge on any atom is 0.263 e. The van der Waals surface area contributed by atoms with E-state index in [0.717, 1.165) is 94.1 Å². The van der Waals surface area contributed by atoms with Gasteiger partial charge in [0.25, 0.3) is 5.91 Å². The van der Waals surface area contributed by atoms with Crippen LogP contribution < -0.4 is 14.4 Å². The number of rotatable bonds is 5. The van der Waals surface area contributed by atoms with E-state index in [-0.39, 0.29) is 28.9 Å². The summed E-state index contributed by atoms with van der Waals surface area (Å²) in [6, 6.07) is 11.8. The number of aryl methyl sites for hydroxylation is 1. The number of carbonyl (C=O) groups is 1. The first-order valence-corrected chi connectivity index (χ1v) is 19.2. The largest absolute Gasteiger partial charge is 0.491 e. The lowest BCUT2D eigenvalue weighted by atomic mass is 9.62. The quantitative estimate of drug-likeness (QED) is 0.368. The lowest BCUT2D eigenvalue weighted by molar-refractivity contribution is -0.103. The fourth-order valence-electron chi connectivity index (χ4n) is 8.36. The van der Waals surface area contributed by atoms with Crippen molar-refractivity contribution >= 4 is 34.2 Å². The van der Waals surface area contributed by atoms with Crippen molar-refractivity contribution in [1.82, 2.24) is 9.62 Å². The number of carbonyl (C=O) groups excluding carboxylic acids is 1. The maximum atomic E-state index is 13.4. The van der Waals surface area contributed by atoms with E-state index in [1.165, 1.54) is 24.0 Å². The normalized spacial score (nSPS) is 32.5. The molecule has 2 aromatic carbocycles. The second kappa shape index (κ2) is 14.6. The summed E-state index contributed by atoms with van der Waals surface area (Å²) >= 11 is 6.45. The van der Waals surface area contributed by atoms with Crippen LogP contribution >= 0.6 is 11.6 Å². The van der Waals surface area contributed by atoms with E-state index in [2.05, 4.69) is 40.5 Å². The third-order valence-electron chi connectivity index (χ3n) is 11.4. The van der Waals surface area contributed by atoms with Crippen molar-refractivity contribution in [3.05, 3.63) is 58.1 Å². The number of amides is 1. The Balaban J connectivity index is 1.37. The molecule has 0 aromatic heterocycles. The molecule has 2 fully saturated rings. The smallest absolute Gasteiger partial charge is 0.263 e. The highest BCUT2D eigenvalue weighted by Crippen LogP contribution is 2.47. The molecule has 7 unspecified atom stereocenters. The van der Waals surface area contributed by atoms with Crippen LogP contribution in [0.15, 0.2) is 36.4 Å². The van der Waals surface area contributed by atoms with Gasteiger partial charge in [-0.1, -0.05) is 44.4 Å². The number of β-amino-alcohol motifs (C(OH)–C–C–N with tert-alkyl or cyclic N) is 1. The summed E-state index contributed by atoms with van der Waals surface area (Å²) in [6.07, 6.45) is 9.00. The molecule has 9 heteroatoms. The van der Waals surface area contributed by atoms with Crippen molar-refractivity contribution in [2.75, 3.05) is 44.2 Å². The number of nitrogens with one attached hydrogen (secondary N) is 1. The summed E-state index contributed by atoms with van der Waals surface area (Å²) in [6.45, 7) is 11.2. The minimum absolute atomic E-state index is 0.117. The number of halogens is 1. The Kier molecular flexibility index (Phi) is 10.7. The number of likely N-dealkylation sites (tertiary alicyclic amines) is 1. The average Bonchev–Trinajstić information content (AvgIpc) is 3.45. The lowest BCUT2D eigenvalue weighted by Gasteiger charge is -2.50. The molecular formula is C37H52ClN3O4S. The summed E-state index contributed by atoms with van der Waals surface area (Å²) in [5, 5.41) is 13.1. The SMILES string of the molecule is CCCc1cc(Cl)ccc1C1COc2ccc3cc2N(C1)CC1CCC1C(O)(CN1CCCC1)CCCC(C)C(C)S(=O)NC3=O. The van der Waals surface area contributed by atoms with Crippen LogP contribution in [0.4, 0.5) is 5.69 Å². The lowest BCUT2D eigenvalue weighted by Crippen LogP contribution is -2.56. The zero-order valence-corrected chi connectivity index (χ0v) is 29.4. The Hall–Kier alpha value is -2.13. The zero-order valence-electron chi connectivity index (χ0n) is 27.8. The number of aliphatic hydroxyl groups is 1. The third kappa shape index (κ3) is 7.30. The van der Waals surface area contributed by atoms with Crippen LogP contribution in [0.1, 0.15) is 99.5 Å². The molecule has 6 rings (SSSR count). The van der Waals surface area contributed by atoms with Crippen molar-refractivity contribution < 1.29 is 18.8 Å². The predicted octanol–water partition coefficient (Wildman–Crippen LogP) is 6.73. The van der Waals surface area contributed by atoms with Crippen molar-refractivity contribution in [2.45, 2.75) is 95.3 Å². The summed E-state index contributed by atoms with van der Waals surface area (Å²) < 4.78 is 22.6. The molecule has 7 atom stereocenters. The summed E-state index contributed by atoms with van der Waals surface area (Å²) in [7, 11) is -1.52. The first-order chi connectivity index (χ1) is 22.1. The second-order valence-corrected chi connectivity index (χ2v) is 16.5. The highest BCUT2D eigenvalue weighted by molar-refractivity contribution is 7.84. The van der Waals surface area contributed by atoms with Crippen molar-refractivity contribution in [3.63, 3.8) is 0 Å². The van der Waals surface area contributed by atoms with E-state index >= 15 is 0 Å². The van der Waals surface area contributed by atoms with Gasteiger partial charge in [0.2, 0.25) is 0 Å². The van der Waals surface area contributed by atoms with Gasteiger partial charge in [-0.2, -0.15) is 0 Å². The van der Waals surface area contributed by atoms with Gasteiger partial charge in [-0.25, -0.2) is 4.21 Å². The van der Waals surface area contributed by atoms with Crippen LogP contribution in [0.25, 0.3) is 0 Å². The van der Waals surface area contributed by atoms with E-state index in [1.54, 1.807) is 6.07 Å². The van der Waals surface area contributed by atoms with Gasteiger partial charge in [-0.05, 0) is 124 Å². The number of ether oxygens (including phenoxy) is 1. The van der Waals surface area contributed by atoms with Crippen LogP contribution in [0, 0.1) is 17.8 Å². The van der Waals surface area contributed by atoms with Gasteiger partial charge in [-0.15, -0.1) is 0 Å².